The molecular formula is C23H27N5O3. The number of hydrogen-bond acceptors (Lipinski definition) is 6. The van der Waals surface area contributed by atoms with Gasteiger partial charge in [-0.2, -0.15) is 0 Å². The lowest BCUT2D eigenvalue weighted by Crippen LogP contribution is -2.31. The molecule has 2 atom stereocenters. The second-order valence-electron chi connectivity index (χ2n) is 7.85. The summed E-state index contributed by atoms with van der Waals surface area (Å²) in [6, 6.07) is 9.22. The van der Waals surface area contributed by atoms with Gasteiger partial charge < -0.3 is 25.5 Å². The Bertz CT molecular complexity index is 1060. The highest BCUT2D eigenvalue weighted by atomic mass is 16.5. The van der Waals surface area contributed by atoms with Gasteiger partial charge in [-0.3, -0.25) is 4.79 Å². The number of rotatable bonds is 7. The fourth-order valence-corrected chi connectivity index (χ4v) is 3.65. The number of aliphatic hydroxyl groups is 1. The first-order chi connectivity index (χ1) is 15.0. The van der Waals surface area contributed by atoms with Crippen molar-refractivity contribution in [2.45, 2.75) is 32.4 Å². The van der Waals surface area contributed by atoms with Gasteiger partial charge in [-0.15, -0.1) is 0 Å². The number of aliphatic hydroxyl groups excluding tert-OH is 1. The first-order valence-electron chi connectivity index (χ1n) is 10.4. The van der Waals surface area contributed by atoms with Crippen LogP contribution in [0.1, 0.15) is 39.6 Å². The van der Waals surface area contributed by atoms with Crippen molar-refractivity contribution in [3.8, 4) is 11.3 Å². The van der Waals surface area contributed by atoms with E-state index in [0.717, 1.165) is 41.0 Å². The van der Waals surface area contributed by atoms with Crippen molar-refractivity contribution in [1.29, 1.82) is 0 Å². The maximum Gasteiger partial charge on any atom is 0.268 e. The fraction of sp³-hybridized carbons (Fsp3) is 0.348. The van der Waals surface area contributed by atoms with Gasteiger partial charge in [-0.1, -0.05) is 29.8 Å². The van der Waals surface area contributed by atoms with Crippen LogP contribution in [0.25, 0.3) is 11.3 Å². The summed E-state index contributed by atoms with van der Waals surface area (Å²) in [4.78, 5) is 24.8. The normalized spacial score (nSPS) is 16.8. The molecule has 2 aromatic heterocycles. The summed E-state index contributed by atoms with van der Waals surface area (Å²) in [5, 5.41) is 16.0. The molecular weight excluding hydrogens is 394 g/mol. The Morgan fingerprint density at radius 3 is 2.97 bits per heavy atom. The standard InChI is InChI=1S/C23H27N5O3/c1-14-4-3-5-16(8-14)20(12-29)27-22(30)19-9-17(11-24-19)21-15(2)10-25-23(28-21)26-18-6-7-31-13-18/h3-5,8-11,18,20,24,29H,6-7,12-13H2,1-2H3,(H,27,30)(H,25,26,28)/t18-,20+/m0/s1. The van der Waals surface area contributed by atoms with E-state index in [2.05, 4.69) is 25.6 Å². The Labute approximate surface area is 181 Å². The summed E-state index contributed by atoms with van der Waals surface area (Å²) in [5.74, 6) is 0.253. The van der Waals surface area contributed by atoms with E-state index < -0.39 is 6.04 Å². The maximum atomic E-state index is 12.8. The number of nitrogens with zero attached hydrogens (tertiary/aromatic N) is 2. The largest absolute Gasteiger partial charge is 0.394 e. The van der Waals surface area contributed by atoms with Gasteiger partial charge in [-0.05, 0) is 37.5 Å². The minimum absolute atomic E-state index is 0.187. The van der Waals surface area contributed by atoms with Crippen LogP contribution in [-0.2, 0) is 4.74 Å². The van der Waals surface area contributed by atoms with Crippen molar-refractivity contribution in [3.63, 3.8) is 0 Å². The van der Waals surface area contributed by atoms with E-state index in [1.54, 1.807) is 18.5 Å². The zero-order chi connectivity index (χ0) is 21.8. The van der Waals surface area contributed by atoms with Gasteiger partial charge in [-0.25, -0.2) is 9.97 Å². The molecule has 1 aliphatic rings. The highest BCUT2D eigenvalue weighted by molar-refractivity contribution is 5.94. The number of carbonyl (C=O) groups excluding carboxylic acids is 1. The topological polar surface area (TPSA) is 112 Å². The Kier molecular flexibility index (Phi) is 6.29. The Hall–Kier alpha value is -3.23. The molecule has 31 heavy (non-hydrogen) atoms. The third kappa shape index (κ3) is 4.92. The molecule has 3 aromatic rings. The minimum atomic E-state index is -0.482. The number of benzene rings is 1. The quantitative estimate of drug-likeness (QED) is 0.467. The highest BCUT2D eigenvalue weighted by Crippen LogP contribution is 2.24. The molecule has 1 fully saturated rings. The van der Waals surface area contributed by atoms with Crippen molar-refractivity contribution in [1.82, 2.24) is 20.3 Å². The van der Waals surface area contributed by atoms with E-state index in [4.69, 9.17) is 4.74 Å². The highest BCUT2D eigenvalue weighted by Gasteiger charge is 2.19. The van der Waals surface area contributed by atoms with Gasteiger partial charge in [0.25, 0.3) is 5.91 Å². The zero-order valence-electron chi connectivity index (χ0n) is 17.7. The zero-order valence-corrected chi connectivity index (χ0v) is 17.7. The molecule has 1 aliphatic heterocycles. The average molecular weight is 422 g/mol. The van der Waals surface area contributed by atoms with Crippen LogP contribution in [0.5, 0.6) is 0 Å². The number of aryl methyl sites for hydroxylation is 2. The fourth-order valence-electron chi connectivity index (χ4n) is 3.65. The van der Waals surface area contributed by atoms with Gasteiger partial charge >= 0.3 is 0 Å². The summed E-state index contributed by atoms with van der Waals surface area (Å²) in [6.45, 7) is 5.11. The molecule has 0 saturated carbocycles. The lowest BCUT2D eigenvalue weighted by molar-refractivity contribution is 0.0911. The Morgan fingerprint density at radius 1 is 1.35 bits per heavy atom. The van der Waals surface area contributed by atoms with Gasteiger partial charge in [0.05, 0.1) is 31.0 Å². The number of hydrogen-bond donors (Lipinski definition) is 4. The molecule has 0 spiro atoms. The molecule has 0 aliphatic carbocycles. The maximum absolute atomic E-state index is 12.8. The van der Waals surface area contributed by atoms with Crippen LogP contribution in [-0.4, -0.2) is 51.8 Å². The molecule has 1 saturated heterocycles. The van der Waals surface area contributed by atoms with Gasteiger partial charge in [0, 0.05) is 24.6 Å². The molecule has 0 unspecified atom stereocenters. The second kappa shape index (κ2) is 9.28. The Balaban J connectivity index is 1.50. The third-order valence-electron chi connectivity index (χ3n) is 5.37. The van der Waals surface area contributed by atoms with Crippen LogP contribution in [0.3, 0.4) is 0 Å². The number of aromatic amines is 1. The van der Waals surface area contributed by atoms with Crippen molar-refractivity contribution in [3.05, 3.63) is 65.1 Å². The molecule has 0 bridgehead atoms. The van der Waals surface area contributed by atoms with E-state index in [1.165, 1.54) is 0 Å². The van der Waals surface area contributed by atoms with E-state index in [-0.39, 0.29) is 18.6 Å². The second-order valence-corrected chi connectivity index (χ2v) is 7.85. The lowest BCUT2D eigenvalue weighted by atomic mass is 10.0. The predicted octanol–water partition coefficient (Wildman–Crippen LogP) is 2.75. The van der Waals surface area contributed by atoms with Crippen LogP contribution in [0.2, 0.25) is 0 Å². The number of amides is 1. The summed E-state index contributed by atoms with van der Waals surface area (Å²) in [5.41, 5.74) is 4.79. The summed E-state index contributed by atoms with van der Waals surface area (Å²) >= 11 is 0. The minimum Gasteiger partial charge on any atom is -0.394 e. The van der Waals surface area contributed by atoms with Gasteiger partial charge in [0.2, 0.25) is 5.95 Å². The van der Waals surface area contributed by atoms with E-state index in [0.29, 0.717) is 18.2 Å². The number of aromatic nitrogens is 3. The van der Waals surface area contributed by atoms with Crippen molar-refractivity contribution < 1.29 is 14.6 Å². The van der Waals surface area contributed by atoms with Crippen molar-refractivity contribution in [2.24, 2.45) is 0 Å². The number of ether oxygens (including phenoxy) is 1. The molecule has 8 nitrogen and oxygen atoms in total. The van der Waals surface area contributed by atoms with Gasteiger partial charge in [0.1, 0.15) is 5.69 Å². The first kappa shape index (κ1) is 21.0. The predicted molar refractivity (Wildman–Crippen MR) is 118 cm³/mol. The average Bonchev–Trinajstić information content (AvgIpc) is 3.45. The van der Waals surface area contributed by atoms with E-state index in [9.17, 15) is 9.90 Å². The smallest absolute Gasteiger partial charge is 0.268 e. The number of anilines is 1. The number of carbonyl (C=O) groups is 1. The van der Waals surface area contributed by atoms with Gasteiger partial charge in [0.15, 0.2) is 0 Å². The molecule has 4 rings (SSSR count). The number of nitrogens with one attached hydrogen (secondary N) is 3. The molecule has 8 heteroatoms. The molecule has 3 heterocycles. The molecule has 1 aromatic carbocycles. The van der Waals surface area contributed by atoms with Crippen LogP contribution < -0.4 is 10.6 Å². The van der Waals surface area contributed by atoms with Crippen LogP contribution >= 0.6 is 0 Å². The van der Waals surface area contributed by atoms with E-state index in [1.807, 2.05) is 38.1 Å². The van der Waals surface area contributed by atoms with Crippen LogP contribution in [0.15, 0.2) is 42.7 Å². The summed E-state index contributed by atoms with van der Waals surface area (Å²) < 4.78 is 5.39. The lowest BCUT2D eigenvalue weighted by Gasteiger charge is -2.16. The summed E-state index contributed by atoms with van der Waals surface area (Å²) in [6.07, 6.45) is 4.45. The van der Waals surface area contributed by atoms with E-state index >= 15 is 0 Å². The first-order valence-corrected chi connectivity index (χ1v) is 10.4. The monoisotopic (exact) mass is 421 g/mol. The van der Waals surface area contributed by atoms with Crippen LogP contribution in [0, 0.1) is 13.8 Å². The summed E-state index contributed by atoms with van der Waals surface area (Å²) in [7, 11) is 0. The number of H-pyrrole nitrogens is 1. The SMILES string of the molecule is Cc1cccc([C@@H](CO)NC(=O)c2cc(-c3nc(N[C@H]4CCOC4)ncc3C)c[nH]2)c1. The van der Waals surface area contributed by atoms with Crippen molar-refractivity contribution >= 4 is 11.9 Å². The van der Waals surface area contributed by atoms with Crippen molar-refractivity contribution in [2.75, 3.05) is 25.1 Å². The molecule has 162 valence electrons. The molecule has 0 radical (unpaired) electrons. The Morgan fingerprint density at radius 2 is 2.23 bits per heavy atom. The van der Waals surface area contributed by atoms with Crippen LogP contribution in [0.4, 0.5) is 5.95 Å². The third-order valence-corrected chi connectivity index (χ3v) is 5.37. The molecule has 1 amide bonds. The molecule has 4 N–H and O–H groups in total.